The molecule has 0 unspecified atom stereocenters. The summed E-state index contributed by atoms with van der Waals surface area (Å²) in [5.74, 6) is 0. The molecule has 0 aliphatic heterocycles. The summed E-state index contributed by atoms with van der Waals surface area (Å²) in [6.45, 7) is 7.16. The van der Waals surface area contributed by atoms with Crippen LogP contribution in [-0.2, 0) is 0 Å². The van der Waals surface area contributed by atoms with Crippen LogP contribution < -0.4 is 11.9 Å². The third kappa shape index (κ3) is 26.5. The average Bonchev–Trinajstić information content (AvgIpc) is 2.46. The maximum absolute atomic E-state index is 5.47. The minimum Gasteiger partial charge on any atom is -0.344 e. The van der Waals surface area contributed by atoms with Crippen LogP contribution in [0.25, 0.3) is 0 Å². The van der Waals surface area contributed by atoms with E-state index < -0.39 is 0 Å². The Bertz CT molecular complexity index is 113. The van der Waals surface area contributed by atoms with Crippen molar-refractivity contribution in [3.05, 3.63) is 0 Å². The molecule has 0 spiro atoms. The first kappa shape index (κ1) is 24.9. The quantitative estimate of drug-likeness (QED) is 0.353. The highest BCUT2D eigenvalue weighted by molar-refractivity contribution is 4.49. The second-order valence-corrected chi connectivity index (χ2v) is 5.38. The topological polar surface area (TPSA) is 61.0 Å². The summed E-state index contributed by atoms with van der Waals surface area (Å²) in [5, 5.41) is 0. The molecule has 2 heteroatoms. The molecule has 0 atom stereocenters. The van der Waals surface area contributed by atoms with Crippen LogP contribution in [0.5, 0.6) is 0 Å². The Morgan fingerprint density at radius 3 is 1.00 bits per heavy atom. The van der Waals surface area contributed by atoms with E-state index in [0.717, 1.165) is 6.54 Å². The zero-order valence-electron chi connectivity index (χ0n) is 14.9. The molecule has 0 aliphatic carbocycles. The largest absolute Gasteiger partial charge is 0.344 e. The van der Waals surface area contributed by atoms with Gasteiger partial charge in [-0.15, -0.1) is 0 Å². The van der Waals surface area contributed by atoms with Crippen LogP contribution in [0.3, 0.4) is 0 Å². The lowest BCUT2D eigenvalue weighted by Crippen LogP contribution is -1.97. The molecular formula is C18H44N2. The SMILES string of the molecule is CC.CCCCCCCCCCCCCCCCN.N. The predicted molar refractivity (Wildman–Crippen MR) is 95.7 cm³/mol. The third-order valence-corrected chi connectivity index (χ3v) is 3.56. The van der Waals surface area contributed by atoms with Crippen LogP contribution in [0, 0.1) is 0 Å². The van der Waals surface area contributed by atoms with E-state index in [9.17, 15) is 0 Å². The highest BCUT2D eigenvalue weighted by Gasteiger charge is 1.93. The molecule has 2 nitrogen and oxygen atoms in total. The molecule has 0 rings (SSSR count). The van der Waals surface area contributed by atoms with Crippen LogP contribution >= 0.6 is 0 Å². The van der Waals surface area contributed by atoms with Gasteiger partial charge in [0.15, 0.2) is 0 Å². The van der Waals surface area contributed by atoms with Crippen LogP contribution in [0.4, 0.5) is 0 Å². The van der Waals surface area contributed by atoms with Crippen molar-refractivity contribution in [3.8, 4) is 0 Å². The maximum atomic E-state index is 5.47. The van der Waals surface area contributed by atoms with Crippen molar-refractivity contribution in [1.82, 2.24) is 6.15 Å². The van der Waals surface area contributed by atoms with Gasteiger partial charge in [0.25, 0.3) is 0 Å². The molecule has 0 aliphatic rings. The Hall–Kier alpha value is -0.0800. The van der Waals surface area contributed by atoms with Crippen molar-refractivity contribution in [2.75, 3.05) is 6.54 Å². The number of hydrogen-bond donors (Lipinski definition) is 2. The van der Waals surface area contributed by atoms with E-state index in [0.29, 0.717) is 0 Å². The zero-order valence-corrected chi connectivity index (χ0v) is 14.9. The molecule has 0 aromatic rings. The van der Waals surface area contributed by atoms with E-state index >= 15 is 0 Å². The van der Waals surface area contributed by atoms with Gasteiger partial charge in [0.2, 0.25) is 0 Å². The average molecular weight is 289 g/mol. The van der Waals surface area contributed by atoms with Gasteiger partial charge in [-0.1, -0.05) is 104 Å². The van der Waals surface area contributed by atoms with E-state index in [1.54, 1.807) is 0 Å². The number of unbranched alkanes of at least 4 members (excludes halogenated alkanes) is 13. The summed E-state index contributed by atoms with van der Waals surface area (Å²) in [6, 6.07) is 0. The Morgan fingerprint density at radius 2 is 0.750 bits per heavy atom. The van der Waals surface area contributed by atoms with Gasteiger partial charge >= 0.3 is 0 Å². The molecule has 0 bridgehead atoms. The first-order chi connectivity index (χ1) is 9.41. The van der Waals surface area contributed by atoms with E-state index in [4.69, 9.17) is 5.73 Å². The molecule has 0 saturated heterocycles. The number of rotatable bonds is 14. The molecule has 0 heterocycles. The highest BCUT2D eigenvalue weighted by Crippen LogP contribution is 2.12. The summed E-state index contributed by atoms with van der Waals surface area (Å²) < 4.78 is 0. The van der Waals surface area contributed by atoms with Crippen molar-refractivity contribution >= 4 is 0 Å². The Balaban J connectivity index is -0.000000916. The molecule has 126 valence electrons. The lowest BCUT2D eigenvalue weighted by Gasteiger charge is -2.02. The summed E-state index contributed by atoms with van der Waals surface area (Å²) in [5.41, 5.74) is 5.47. The van der Waals surface area contributed by atoms with Gasteiger partial charge in [0.1, 0.15) is 0 Å². The van der Waals surface area contributed by atoms with Crippen LogP contribution in [0.15, 0.2) is 0 Å². The first-order valence-electron chi connectivity index (χ1n) is 9.12. The summed E-state index contributed by atoms with van der Waals surface area (Å²) >= 11 is 0. The van der Waals surface area contributed by atoms with Crippen LogP contribution in [0.1, 0.15) is 111 Å². The van der Waals surface area contributed by atoms with Crippen molar-refractivity contribution in [2.24, 2.45) is 5.73 Å². The van der Waals surface area contributed by atoms with Gasteiger partial charge in [0.05, 0.1) is 0 Å². The van der Waals surface area contributed by atoms with Crippen molar-refractivity contribution in [2.45, 2.75) is 111 Å². The molecule has 5 N–H and O–H groups in total. The van der Waals surface area contributed by atoms with Crippen molar-refractivity contribution in [3.63, 3.8) is 0 Å². The second-order valence-electron chi connectivity index (χ2n) is 5.38. The van der Waals surface area contributed by atoms with Gasteiger partial charge < -0.3 is 11.9 Å². The number of hydrogen-bond acceptors (Lipinski definition) is 2. The first-order valence-corrected chi connectivity index (χ1v) is 9.12. The maximum Gasteiger partial charge on any atom is -0.00773 e. The molecule has 0 aromatic heterocycles. The van der Waals surface area contributed by atoms with Gasteiger partial charge in [-0.3, -0.25) is 0 Å². The normalized spacial score (nSPS) is 9.60. The smallest absolute Gasteiger partial charge is 0.00773 e. The van der Waals surface area contributed by atoms with Gasteiger partial charge in [-0.05, 0) is 13.0 Å². The standard InChI is InChI=1S/C16H35N.C2H6.H3N/c1-2-3-4-5-6-7-8-9-10-11-12-13-14-15-16-17;1-2;/h2-17H2,1H3;1-2H3;1H3. The number of nitrogens with two attached hydrogens (primary N) is 1. The summed E-state index contributed by atoms with van der Waals surface area (Å²) in [7, 11) is 0. The molecule has 0 radical (unpaired) electrons. The fourth-order valence-electron chi connectivity index (χ4n) is 2.34. The van der Waals surface area contributed by atoms with E-state index in [-0.39, 0.29) is 6.15 Å². The zero-order chi connectivity index (χ0) is 14.6. The molecule has 20 heavy (non-hydrogen) atoms. The Morgan fingerprint density at radius 1 is 0.500 bits per heavy atom. The van der Waals surface area contributed by atoms with Crippen LogP contribution in [-0.4, -0.2) is 6.54 Å². The molecule has 0 aromatic carbocycles. The van der Waals surface area contributed by atoms with Gasteiger partial charge in [-0.2, -0.15) is 0 Å². The van der Waals surface area contributed by atoms with E-state index in [1.807, 2.05) is 13.8 Å². The lowest BCUT2D eigenvalue weighted by molar-refractivity contribution is 0.536. The van der Waals surface area contributed by atoms with E-state index in [1.165, 1.54) is 89.9 Å². The highest BCUT2D eigenvalue weighted by atomic mass is 14.5. The fraction of sp³-hybridized carbons (Fsp3) is 1.00. The second kappa shape index (κ2) is 27.3. The Labute approximate surface area is 129 Å². The minimum atomic E-state index is 0. The fourth-order valence-corrected chi connectivity index (χ4v) is 2.34. The van der Waals surface area contributed by atoms with E-state index in [2.05, 4.69) is 6.92 Å². The van der Waals surface area contributed by atoms with Gasteiger partial charge in [0, 0.05) is 0 Å². The monoisotopic (exact) mass is 288 g/mol. The molecule has 0 saturated carbocycles. The van der Waals surface area contributed by atoms with Crippen molar-refractivity contribution in [1.29, 1.82) is 0 Å². The lowest BCUT2D eigenvalue weighted by atomic mass is 10.0. The molecular weight excluding hydrogens is 244 g/mol. The van der Waals surface area contributed by atoms with Gasteiger partial charge in [-0.25, -0.2) is 0 Å². The summed E-state index contributed by atoms with van der Waals surface area (Å²) in [4.78, 5) is 0. The third-order valence-electron chi connectivity index (χ3n) is 3.56. The Kier molecular flexibility index (Phi) is 34.0. The molecule has 0 fully saturated rings. The van der Waals surface area contributed by atoms with Crippen LogP contribution in [0.2, 0.25) is 0 Å². The predicted octanol–water partition coefficient (Wildman–Crippen LogP) is 6.61. The summed E-state index contributed by atoms with van der Waals surface area (Å²) in [6.07, 6.45) is 19.9. The minimum absolute atomic E-state index is 0. The van der Waals surface area contributed by atoms with Crippen molar-refractivity contribution < 1.29 is 0 Å². The molecule has 0 amide bonds.